The number of nitrogens with zero attached hydrogens (tertiary/aromatic N) is 3. The number of imidazole rings is 1. The predicted molar refractivity (Wildman–Crippen MR) is 113 cm³/mol. The highest BCUT2D eigenvalue weighted by Crippen LogP contribution is 2.40. The highest BCUT2D eigenvalue weighted by molar-refractivity contribution is 6.83. The molecular formula is C22H22F3N3O3Si. The second-order valence-corrected chi connectivity index (χ2v) is 13.7. The summed E-state index contributed by atoms with van der Waals surface area (Å²) < 4.78 is 43.7. The Morgan fingerprint density at radius 1 is 1.31 bits per heavy atom. The van der Waals surface area contributed by atoms with Crippen LogP contribution in [0.5, 0.6) is 0 Å². The topological polar surface area (TPSA) is 64.4 Å². The Labute approximate surface area is 184 Å². The molecule has 168 valence electrons. The molecule has 2 aromatic rings. The van der Waals surface area contributed by atoms with E-state index in [1.807, 2.05) is 0 Å². The third-order valence-electron chi connectivity index (χ3n) is 5.26. The fourth-order valence-corrected chi connectivity index (χ4v) is 4.46. The molecule has 1 atom stereocenters. The highest BCUT2D eigenvalue weighted by atomic mass is 28.3. The lowest BCUT2D eigenvalue weighted by Crippen LogP contribution is -2.30. The molecule has 32 heavy (non-hydrogen) atoms. The molecule has 6 nitrogen and oxygen atoms in total. The molecule has 0 spiro atoms. The molecule has 2 aliphatic heterocycles. The second-order valence-electron chi connectivity index (χ2n) is 8.93. The molecule has 2 aliphatic rings. The molecule has 0 saturated carbocycles. The van der Waals surface area contributed by atoms with Crippen LogP contribution in [0.4, 0.5) is 13.2 Å². The first-order valence-corrected chi connectivity index (χ1v) is 13.7. The zero-order valence-corrected chi connectivity index (χ0v) is 18.9. The minimum atomic E-state index is -4.64. The number of aromatic nitrogens is 2. The summed E-state index contributed by atoms with van der Waals surface area (Å²) in [5.41, 5.74) is 5.10. The van der Waals surface area contributed by atoms with E-state index in [0.717, 1.165) is 0 Å². The van der Waals surface area contributed by atoms with Gasteiger partial charge >= 0.3 is 12.1 Å². The second kappa shape index (κ2) is 7.81. The van der Waals surface area contributed by atoms with Gasteiger partial charge in [0.25, 0.3) is 5.91 Å². The maximum absolute atomic E-state index is 13.4. The van der Waals surface area contributed by atoms with E-state index < -0.39 is 32.9 Å². The molecule has 1 fully saturated rings. The Kier molecular flexibility index (Phi) is 5.41. The average Bonchev–Trinajstić information content (AvgIpc) is 3.33. The van der Waals surface area contributed by atoms with Gasteiger partial charge in [-0.2, -0.15) is 13.2 Å². The van der Waals surface area contributed by atoms with Crippen molar-refractivity contribution in [2.24, 2.45) is 0 Å². The number of hydrogen-bond acceptors (Lipinski definition) is 4. The van der Waals surface area contributed by atoms with Crippen molar-refractivity contribution >= 4 is 20.0 Å². The Hall–Kier alpha value is -3.06. The maximum atomic E-state index is 13.4. The quantitative estimate of drug-likeness (QED) is 0.384. The molecule has 3 heterocycles. The Balaban J connectivity index is 1.80. The monoisotopic (exact) mass is 461 g/mol. The van der Waals surface area contributed by atoms with E-state index in [1.165, 1.54) is 6.33 Å². The fourth-order valence-electron chi connectivity index (χ4n) is 3.94. The number of halogens is 3. The standard InChI is InChI=1S/C22H22F3N3O3Si/c1-32(2,3)10-8-14-6-7-16-15(11-14)20(29)27-9-4-5-17(27)19-18(26-13-28(16)19)21(30)31-12-22(23,24)25/h6-7,11,13,17H,4-5,9,12H2,1-3H3/t17-/m0/s1. The van der Waals surface area contributed by atoms with Crippen LogP contribution in [-0.2, 0) is 4.74 Å². The lowest BCUT2D eigenvalue weighted by Gasteiger charge is -2.22. The Morgan fingerprint density at radius 2 is 2.06 bits per heavy atom. The summed E-state index contributed by atoms with van der Waals surface area (Å²) in [6.45, 7) is 5.17. The van der Waals surface area contributed by atoms with Crippen molar-refractivity contribution in [3.8, 4) is 17.2 Å². The van der Waals surface area contributed by atoms with E-state index in [0.29, 0.717) is 41.9 Å². The lowest BCUT2D eigenvalue weighted by molar-refractivity contribution is -0.161. The van der Waals surface area contributed by atoms with Crippen LogP contribution in [0, 0.1) is 11.5 Å². The van der Waals surface area contributed by atoms with Gasteiger partial charge in [-0.25, -0.2) is 9.78 Å². The summed E-state index contributed by atoms with van der Waals surface area (Å²) in [5.74, 6) is 1.80. The van der Waals surface area contributed by atoms with Gasteiger partial charge in [0.15, 0.2) is 12.3 Å². The smallest absolute Gasteiger partial charge is 0.422 e. The molecule has 1 aromatic carbocycles. The number of esters is 1. The lowest BCUT2D eigenvalue weighted by atomic mass is 10.1. The normalized spacial score (nSPS) is 17.6. The Morgan fingerprint density at radius 3 is 2.75 bits per heavy atom. The van der Waals surface area contributed by atoms with Gasteiger partial charge in [-0.15, -0.1) is 5.54 Å². The van der Waals surface area contributed by atoms with E-state index in [1.54, 1.807) is 27.7 Å². The number of ether oxygens (including phenoxy) is 1. The van der Waals surface area contributed by atoms with Crippen molar-refractivity contribution in [3.63, 3.8) is 0 Å². The van der Waals surface area contributed by atoms with Crippen LogP contribution in [0.3, 0.4) is 0 Å². The van der Waals surface area contributed by atoms with Crippen LogP contribution < -0.4 is 0 Å². The van der Waals surface area contributed by atoms with Gasteiger partial charge in [0.2, 0.25) is 0 Å². The predicted octanol–water partition coefficient (Wildman–Crippen LogP) is 4.11. The third kappa shape index (κ3) is 4.30. The van der Waals surface area contributed by atoms with Crippen LogP contribution in [-0.4, -0.2) is 53.7 Å². The van der Waals surface area contributed by atoms with E-state index in [9.17, 15) is 22.8 Å². The molecule has 4 rings (SSSR count). The summed E-state index contributed by atoms with van der Waals surface area (Å²) in [7, 11) is -1.62. The van der Waals surface area contributed by atoms with Crippen molar-refractivity contribution in [1.29, 1.82) is 0 Å². The molecule has 1 saturated heterocycles. The number of rotatable bonds is 2. The van der Waals surface area contributed by atoms with E-state index >= 15 is 0 Å². The molecule has 1 amide bonds. The summed E-state index contributed by atoms with van der Waals surface area (Å²) in [5, 5.41) is 0. The van der Waals surface area contributed by atoms with Crippen LogP contribution in [0.25, 0.3) is 5.69 Å². The minimum Gasteiger partial charge on any atom is -0.451 e. The first-order valence-electron chi connectivity index (χ1n) is 10.2. The largest absolute Gasteiger partial charge is 0.451 e. The molecule has 0 bridgehead atoms. The number of carbonyl (C=O) groups is 2. The summed E-state index contributed by atoms with van der Waals surface area (Å²) in [6, 6.07) is 4.79. The first kappa shape index (κ1) is 22.1. The third-order valence-corrected chi connectivity index (χ3v) is 6.14. The number of amides is 1. The minimum absolute atomic E-state index is 0.197. The van der Waals surface area contributed by atoms with Crippen LogP contribution >= 0.6 is 0 Å². The van der Waals surface area contributed by atoms with Crippen molar-refractivity contribution < 1.29 is 27.5 Å². The average molecular weight is 462 g/mol. The number of carbonyl (C=O) groups excluding carboxylic acids is 2. The van der Waals surface area contributed by atoms with Gasteiger partial charge in [-0.1, -0.05) is 25.6 Å². The molecule has 10 heteroatoms. The number of alkyl halides is 3. The number of fused-ring (bicyclic) bond motifs is 5. The summed E-state index contributed by atoms with van der Waals surface area (Å²) >= 11 is 0. The van der Waals surface area contributed by atoms with Crippen LogP contribution in [0.2, 0.25) is 19.6 Å². The van der Waals surface area contributed by atoms with E-state index in [4.69, 9.17) is 0 Å². The fraction of sp³-hybridized carbons (Fsp3) is 0.409. The van der Waals surface area contributed by atoms with Crippen molar-refractivity contribution in [3.05, 3.63) is 47.0 Å². The summed E-state index contributed by atoms with van der Waals surface area (Å²) in [6.07, 6.45) is -1.99. The SMILES string of the molecule is C[Si](C)(C)C#Cc1ccc2c(c1)C(=O)N1CCC[C@H]1c1c(C(=O)OCC(F)(F)F)ncn1-2. The molecule has 0 unspecified atom stereocenters. The van der Waals surface area contributed by atoms with E-state index in [2.05, 4.69) is 40.8 Å². The zero-order chi connectivity index (χ0) is 23.3. The highest BCUT2D eigenvalue weighted by Gasteiger charge is 2.41. The molecule has 1 aromatic heterocycles. The van der Waals surface area contributed by atoms with Gasteiger partial charge < -0.3 is 9.64 Å². The van der Waals surface area contributed by atoms with Crippen molar-refractivity contribution in [2.45, 2.75) is 44.7 Å². The zero-order valence-electron chi connectivity index (χ0n) is 17.9. The van der Waals surface area contributed by atoms with Gasteiger partial charge in [0.1, 0.15) is 14.4 Å². The molecule has 0 radical (unpaired) electrons. The van der Waals surface area contributed by atoms with Gasteiger partial charge in [0.05, 0.1) is 23.0 Å². The van der Waals surface area contributed by atoms with Gasteiger partial charge in [0, 0.05) is 12.1 Å². The van der Waals surface area contributed by atoms with Gasteiger partial charge in [-0.3, -0.25) is 9.36 Å². The van der Waals surface area contributed by atoms with Crippen LogP contribution in [0.15, 0.2) is 24.5 Å². The summed E-state index contributed by atoms with van der Waals surface area (Å²) in [4.78, 5) is 31.5. The van der Waals surface area contributed by atoms with E-state index in [-0.39, 0.29) is 11.6 Å². The molecule has 0 aliphatic carbocycles. The number of benzene rings is 1. The first-order chi connectivity index (χ1) is 14.9. The molecular weight excluding hydrogens is 439 g/mol. The van der Waals surface area contributed by atoms with Crippen molar-refractivity contribution in [2.75, 3.05) is 13.2 Å². The van der Waals surface area contributed by atoms with Gasteiger partial charge in [-0.05, 0) is 31.0 Å². The Bertz CT molecular complexity index is 1160. The maximum Gasteiger partial charge on any atom is 0.422 e. The van der Waals surface area contributed by atoms with Crippen LogP contribution in [0.1, 0.15) is 51.0 Å². The van der Waals surface area contributed by atoms with Crippen molar-refractivity contribution in [1.82, 2.24) is 14.5 Å². The molecule has 0 N–H and O–H groups in total. The number of hydrogen-bond donors (Lipinski definition) is 0.